The van der Waals surface area contributed by atoms with Gasteiger partial charge in [-0.2, -0.15) is 0 Å². The monoisotopic (exact) mass is 410 g/mol. The average Bonchev–Trinajstić information content (AvgIpc) is 2.73. The van der Waals surface area contributed by atoms with E-state index in [9.17, 15) is 14.4 Å². The highest BCUT2D eigenvalue weighted by Crippen LogP contribution is 2.20. The lowest BCUT2D eigenvalue weighted by atomic mass is 9.96. The van der Waals surface area contributed by atoms with Gasteiger partial charge in [0.15, 0.2) is 0 Å². The van der Waals surface area contributed by atoms with E-state index in [0.29, 0.717) is 49.1 Å². The van der Waals surface area contributed by atoms with E-state index in [1.54, 1.807) is 24.3 Å². The number of amides is 2. The fraction of sp³-hybridized carbons (Fsp3) is 0.348. The number of hydrogen-bond donors (Lipinski definition) is 2. The number of carbonyl (C=O) groups excluding carboxylic acids is 3. The van der Waals surface area contributed by atoms with Crippen molar-refractivity contribution in [1.82, 2.24) is 5.32 Å². The molecule has 0 aliphatic carbocycles. The first-order chi connectivity index (χ1) is 14.5. The Morgan fingerprint density at radius 1 is 1.07 bits per heavy atom. The summed E-state index contributed by atoms with van der Waals surface area (Å²) in [5.41, 5.74) is 1.79. The van der Waals surface area contributed by atoms with E-state index in [1.807, 2.05) is 18.2 Å². The number of carbonyl (C=O) groups is 3. The minimum Gasteiger partial charge on any atom is -0.427 e. The fourth-order valence-corrected chi connectivity index (χ4v) is 3.34. The highest BCUT2D eigenvalue weighted by molar-refractivity contribution is 6.05. The number of benzene rings is 2. The topological polar surface area (TPSA) is 93.7 Å². The van der Waals surface area contributed by atoms with Crippen LogP contribution in [0, 0.1) is 5.92 Å². The second-order valence-corrected chi connectivity index (χ2v) is 7.27. The van der Waals surface area contributed by atoms with E-state index < -0.39 is 5.97 Å². The molecule has 2 aromatic carbocycles. The van der Waals surface area contributed by atoms with Crippen LogP contribution >= 0.6 is 0 Å². The highest BCUT2D eigenvalue weighted by atomic mass is 16.5. The van der Waals surface area contributed by atoms with Crippen molar-refractivity contribution in [3.8, 4) is 5.75 Å². The Balaban J connectivity index is 1.60. The highest BCUT2D eigenvalue weighted by Gasteiger charge is 2.17. The Morgan fingerprint density at radius 2 is 1.83 bits per heavy atom. The molecule has 158 valence electrons. The molecule has 1 fully saturated rings. The van der Waals surface area contributed by atoms with Gasteiger partial charge < -0.3 is 20.1 Å². The van der Waals surface area contributed by atoms with E-state index in [4.69, 9.17) is 9.47 Å². The molecule has 2 amide bonds. The smallest absolute Gasteiger partial charge is 0.308 e. The Bertz CT molecular complexity index is 906. The van der Waals surface area contributed by atoms with Crippen molar-refractivity contribution in [3.05, 3.63) is 59.7 Å². The fourth-order valence-electron chi connectivity index (χ4n) is 3.34. The van der Waals surface area contributed by atoms with E-state index in [0.717, 1.165) is 18.4 Å². The number of para-hydroxylation sites is 1. The molecule has 1 aliphatic rings. The molecular weight excluding hydrogens is 384 g/mol. The van der Waals surface area contributed by atoms with E-state index in [-0.39, 0.29) is 11.8 Å². The van der Waals surface area contributed by atoms with Gasteiger partial charge in [-0.1, -0.05) is 24.3 Å². The molecule has 0 radical (unpaired) electrons. The lowest BCUT2D eigenvalue weighted by Crippen LogP contribution is -2.28. The molecule has 7 heteroatoms. The minimum absolute atomic E-state index is 0.00267. The minimum atomic E-state index is -0.450. The van der Waals surface area contributed by atoms with E-state index in [2.05, 4.69) is 10.6 Å². The Hall–Kier alpha value is -3.19. The molecule has 1 heterocycles. The van der Waals surface area contributed by atoms with Crippen LogP contribution in [0.4, 0.5) is 5.69 Å². The quantitative estimate of drug-likeness (QED) is 0.540. The first-order valence-electron chi connectivity index (χ1n) is 10.0. The largest absolute Gasteiger partial charge is 0.427 e. The molecule has 2 aromatic rings. The van der Waals surface area contributed by atoms with Gasteiger partial charge in [-0.25, -0.2) is 0 Å². The summed E-state index contributed by atoms with van der Waals surface area (Å²) in [5, 5.41) is 5.81. The maximum Gasteiger partial charge on any atom is 0.308 e. The molecule has 0 unspecified atom stereocenters. The molecule has 1 saturated heterocycles. The van der Waals surface area contributed by atoms with Crippen molar-refractivity contribution in [2.45, 2.75) is 32.7 Å². The summed E-state index contributed by atoms with van der Waals surface area (Å²) in [6.45, 7) is 3.06. The predicted octanol–water partition coefficient (Wildman–Crippen LogP) is 3.30. The average molecular weight is 410 g/mol. The number of ether oxygens (including phenoxy) is 2. The van der Waals surface area contributed by atoms with Gasteiger partial charge in [0.2, 0.25) is 5.91 Å². The molecule has 0 spiro atoms. The summed E-state index contributed by atoms with van der Waals surface area (Å²) < 4.78 is 10.4. The first kappa shape index (κ1) is 21.5. The number of rotatable bonds is 7. The standard InChI is InChI=1S/C23H26N2O5/c1-16(26)30-20-7-4-6-18(14-20)23(28)25-21-8-3-2-5-19(21)15-24-22(27)13-17-9-11-29-12-10-17/h2-8,14,17H,9-13,15H2,1H3,(H,24,27)(H,25,28). The lowest BCUT2D eigenvalue weighted by molar-refractivity contribution is -0.132. The van der Waals surface area contributed by atoms with E-state index in [1.165, 1.54) is 13.0 Å². The number of anilines is 1. The Labute approximate surface area is 175 Å². The second-order valence-electron chi connectivity index (χ2n) is 7.27. The van der Waals surface area contributed by atoms with Gasteiger partial charge in [-0.05, 0) is 48.6 Å². The van der Waals surface area contributed by atoms with Gasteiger partial charge in [-0.15, -0.1) is 0 Å². The Morgan fingerprint density at radius 3 is 2.60 bits per heavy atom. The van der Waals surface area contributed by atoms with Crippen LogP contribution in [0.3, 0.4) is 0 Å². The van der Waals surface area contributed by atoms with Crippen molar-refractivity contribution < 1.29 is 23.9 Å². The maximum atomic E-state index is 12.7. The van der Waals surface area contributed by atoms with Crippen molar-refractivity contribution in [1.29, 1.82) is 0 Å². The summed E-state index contributed by atoms with van der Waals surface area (Å²) in [6.07, 6.45) is 2.31. The molecule has 1 aliphatic heterocycles. The molecule has 0 saturated carbocycles. The third-order valence-electron chi connectivity index (χ3n) is 4.91. The summed E-state index contributed by atoms with van der Waals surface area (Å²) >= 11 is 0. The van der Waals surface area contributed by atoms with Crippen LogP contribution in [-0.2, 0) is 20.9 Å². The van der Waals surface area contributed by atoms with Crippen LogP contribution in [0.1, 0.15) is 42.1 Å². The van der Waals surface area contributed by atoms with Gasteiger partial charge in [-0.3, -0.25) is 14.4 Å². The molecule has 0 atom stereocenters. The zero-order valence-corrected chi connectivity index (χ0v) is 17.0. The molecular formula is C23H26N2O5. The molecule has 0 aromatic heterocycles. The third kappa shape index (κ3) is 6.42. The van der Waals surface area contributed by atoms with Gasteiger partial charge in [0.05, 0.1) is 0 Å². The van der Waals surface area contributed by atoms with Crippen molar-refractivity contribution in [3.63, 3.8) is 0 Å². The number of nitrogens with one attached hydrogen (secondary N) is 2. The van der Waals surface area contributed by atoms with Crippen LogP contribution in [0.15, 0.2) is 48.5 Å². The predicted molar refractivity (Wildman–Crippen MR) is 112 cm³/mol. The van der Waals surface area contributed by atoms with Crippen LogP contribution in [0.25, 0.3) is 0 Å². The van der Waals surface area contributed by atoms with Crippen LogP contribution < -0.4 is 15.4 Å². The van der Waals surface area contributed by atoms with Crippen LogP contribution in [0.2, 0.25) is 0 Å². The van der Waals surface area contributed by atoms with Crippen LogP contribution in [-0.4, -0.2) is 31.0 Å². The number of hydrogen-bond acceptors (Lipinski definition) is 5. The second kappa shape index (κ2) is 10.5. The molecule has 0 bridgehead atoms. The third-order valence-corrected chi connectivity index (χ3v) is 4.91. The van der Waals surface area contributed by atoms with Gasteiger partial charge in [0.1, 0.15) is 5.75 Å². The van der Waals surface area contributed by atoms with Gasteiger partial charge in [0.25, 0.3) is 5.91 Å². The Kier molecular flexibility index (Phi) is 7.57. The molecule has 7 nitrogen and oxygen atoms in total. The summed E-state index contributed by atoms with van der Waals surface area (Å²) in [5.74, 6) is -0.113. The van der Waals surface area contributed by atoms with E-state index >= 15 is 0 Å². The van der Waals surface area contributed by atoms with Crippen molar-refractivity contribution in [2.75, 3.05) is 18.5 Å². The lowest BCUT2D eigenvalue weighted by Gasteiger charge is -2.21. The molecule has 3 rings (SSSR count). The summed E-state index contributed by atoms with van der Waals surface area (Å²) in [6, 6.07) is 13.7. The normalized spacial score (nSPS) is 14.0. The van der Waals surface area contributed by atoms with Crippen LogP contribution in [0.5, 0.6) is 5.75 Å². The first-order valence-corrected chi connectivity index (χ1v) is 10.0. The summed E-state index contributed by atoms with van der Waals surface area (Å²) in [7, 11) is 0. The zero-order chi connectivity index (χ0) is 21.3. The summed E-state index contributed by atoms with van der Waals surface area (Å²) in [4.78, 5) is 36.1. The maximum absolute atomic E-state index is 12.7. The SMILES string of the molecule is CC(=O)Oc1cccc(C(=O)Nc2ccccc2CNC(=O)CC2CCOCC2)c1. The zero-order valence-electron chi connectivity index (χ0n) is 17.0. The van der Waals surface area contributed by atoms with Gasteiger partial charge in [0, 0.05) is 44.4 Å². The molecule has 2 N–H and O–H groups in total. The van der Waals surface area contributed by atoms with Crippen molar-refractivity contribution in [2.24, 2.45) is 5.92 Å². The molecule has 30 heavy (non-hydrogen) atoms. The van der Waals surface area contributed by atoms with Gasteiger partial charge >= 0.3 is 5.97 Å². The van der Waals surface area contributed by atoms with Crippen molar-refractivity contribution >= 4 is 23.5 Å². The number of esters is 1.